The third-order valence-corrected chi connectivity index (χ3v) is 3.68. The van der Waals surface area contributed by atoms with Crippen LogP contribution in [0.2, 0.25) is 0 Å². The van der Waals surface area contributed by atoms with Crippen LogP contribution in [0.25, 0.3) is 0 Å². The van der Waals surface area contributed by atoms with Crippen LogP contribution in [0.5, 0.6) is 0 Å². The normalized spacial score (nSPS) is 23.0. The van der Waals surface area contributed by atoms with E-state index in [1.807, 2.05) is 0 Å². The first-order chi connectivity index (χ1) is 8.70. The van der Waals surface area contributed by atoms with E-state index in [0.717, 1.165) is 19.3 Å². The molecular weight excluding hydrogens is 233 g/mol. The number of halogens is 1. The number of amides is 1. The summed E-state index contributed by atoms with van der Waals surface area (Å²) in [4.78, 5) is 11.8. The van der Waals surface area contributed by atoms with Gasteiger partial charge in [0.1, 0.15) is 5.82 Å². The van der Waals surface area contributed by atoms with E-state index in [1.54, 1.807) is 0 Å². The molecule has 2 atom stereocenters. The van der Waals surface area contributed by atoms with E-state index >= 15 is 0 Å². The monoisotopic (exact) mass is 251 g/mol. The summed E-state index contributed by atoms with van der Waals surface area (Å²) in [7, 11) is 0. The molecule has 0 spiro atoms. The highest BCUT2D eigenvalue weighted by Gasteiger charge is 2.26. The Bertz CT molecular complexity index is 405. The van der Waals surface area contributed by atoms with Crippen LogP contribution < -0.4 is 5.32 Å². The van der Waals surface area contributed by atoms with E-state index in [9.17, 15) is 14.3 Å². The van der Waals surface area contributed by atoms with Gasteiger partial charge in [-0.1, -0.05) is 6.42 Å². The minimum absolute atomic E-state index is 0.182. The van der Waals surface area contributed by atoms with Crippen molar-refractivity contribution in [2.24, 2.45) is 11.8 Å². The molecule has 1 amide bonds. The highest BCUT2D eigenvalue weighted by Crippen LogP contribution is 2.30. The van der Waals surface area contributed by atoms with Crippen LogP contribution in [-0.4, -0.2) is 24.2 Å². The highest BCUT2D eigenvalue weighted by molar-refractivity contribution is 5.94. The van der Waals surface area contributed by atoms with Crippen molar-refractivity contribution in [3.8, 4) is 0 Å². The zero-order chi connectivity index (χ0) is 13.0. The predicted octanol–water partition coefficient (Wildman–Crippen LogP) is 1.96. The molecule has 1 aromatic carbocycles. The lowest BCUT2D eigenvalue weighted by molar-refractivity contribution is 0.0937. The van der Waals surface area contributed by atoms with Crippen LogP contribution >= 0.6 is 0 Å². The number of carbonyl (C=O) groups excluding carboxylic acids is 1. The number of benzene rings is 1. The van der Waals surface area contributed by atoms with Gasteiger partial charge in [-0.3, -0.25) is 4.79 Å². The molecule has 1 aromatic rings. The van der Waals surface area contributed by atoms with Crippen molar-refractivity contribution in [2.45, 2.75) is 19.3 Å². The summed E-state index contributed by atoms with van der Waals surface area (Å²) < 4.78 is 12.7. The first kappa shape index (κ1) is 13.0. The van der Waals surface area contributed by atoms with Gasteiger partial charge in [-0.2, -0.15) is 0 Å². The summed E-state index contributed by atoms with van der Waals surface area (Å²) in [6.07, 6.45) is 3.20. The number of carbonyl (C=O) groups is 1. The molecule has 1 aliphatic carbocycles. The van der Waals surface area contributed by atoms with E-state index < -0.39 is 0 Å². The van der Waals surface area contributed by atoms with Gasteiger partial charge < -0.3 is 10.4 Å². The predicted molar refractivity (Wildman–Crippen MR) is 66.7 cm³/mol. The third-order valence-electron chi connectivity index (χ3n) is 3.68. The molecule has 2 N–H and O–H groups in total. The van der Waals surface area contributed by atoms with Crippen LogP contribution in [0.4, 0.5) is 4.39 Å². The maximum absolute atomic E-state index is 12.7. The smallest absolute Gasteiger partial charge is 0.251 e. The van der Waals surface area contributed by atoms with Crippen LogP contribution in [0, 0.1) is 17.7 Å². The van der Waals surface area contributed by atoms with Crippen LogP contribution in [0.15, 0.2) is 24.3 Å². The Hall–Kier alpha value is -1.42. The zero-order valence-electron chi connectivity index (χ0n) is 10.2. The maximum atomic E-state index is 12.7. The molecule has 1 fully saturated rings. The van der Waals surface area contributed by atoms with Crippen molar-refractivity contribution in [2.75, 3.05) is 13.2 Å². The first-order valence-corrected chi connectivity index (χ1v) is 6.35. The minimum Gasteiger partial charge on any atom is -0.396 e. The van der Waals surface area contributed by atoms with Gasteiger partial charge in [-0.15, -0.1) is 0 Å². The summed E-state index contributed by atoms with van der Waals surface area (Å²) in [6, 6.07) is 5.51. The van der Waals surface area contributed by atoms with E-state index in [1.165, 1.54) is 24.3 Å². The maximum Gasteiger partial charge on any atom is 0.251 e. The number of aliphatic hydroxyl groups excluding tert-OH is 1. The average Bonchev–Trinajstić information content (AvgIpc) is 2.84. The molecule has 0 bridgehead atoms. The van der Waals surface area contributed by atoms with Crippen LogP contribution in [-0.2, 0) is 0 Å². The molecule has 0 aliphatic heterocycles. The SMILES string of the molecule is O=C(NCC1CCCC1CO)c1ccc(F)cc1. The standard InChI is InChI=1S/C14H18FNO2/c15-13-6-4-10(5-7-13)14(18)16-8-11-2-1-3-12(11)9-17/h4-7,11-12,17H,1-3,8-9H2,(H,16,18). The van der Waals surface area contributed by atoms with Gasteiger partial charge in [0.2, 0.25) is 0 Å². The highest BCUT2D eigenvalue weighted by atomic mass is 19.1. The lowest BCUT2D eigenvalue weighted by atomic mass is 9.97. The molecule has 3 nitrogen and oxygen atoms in total. The van der Waals surface area contributed by atoms with E-state index in [4.69, 9.17) is 0 Å². The van der Waals surface area contributed by atoms with Gasteiger partial charge in [0.25, 0.3) is 5.91 Å². The molecule has 2 rings (SSSR count). The topological polar surface area (TPSA) is 49.3 Å². The number of hydrogen-bond donors (Lipinski definition) is 2. The fourth-order valence-electron chi connectivity index (χ4n) is 2.55. The Morgan fingerprint density at radius 3 is 2.61 bits per heavy atom. The molecule has 0 heterocycles. The zero-order valence-corrected chi connectivity index (χ0v) is 10.2. The molecule has 0 aromatic heterocycles. The second-order valence-corrected chi connectivity index (χ2v) is 4.85. The minimum atomic E-state index is -0.345. The third kappa shape index (κ3) is 3.07. The summed E-state index contributed by atoms with van der Waals surface area (Å²) in [5.41, 5.74) is 0.468. The van der Waals surface area contributed by atoms with Crippen molar-refractivity contribution in [3.63, 3.8) is 0 Å². The van der Waals surface area contributed by atoms with Crippen molar-refractivity contribution < 1.29 is 14.3 Å². The Labute approximate surface area is 106 Å². The van der Waals surface area contributed by atoms with Crippen LogP contribution in [0.1, 0.15) is 29.6 Å². The molecule has 1 saturated carbocycles. The van der Waals surface area contributed by atoms with Crippen molar-refractivity contribution in [1.82, 2.24) is 5.32 Å². The summed E-state index contributed by atoms with van der Waals surface area (Å²) >= 11 is 0. The van der Waals surface area contributed by atoms with E-state index in [2.05, 4.69) is 5.32 Å². The average molecular weight is 251 g/mol. The fraction of sp³-hybridized carbons (Fsp3) is 0.500. The Kier molecular flexibility index (Phi) is 4.31. The van der Waals surface area contributed by atoms with Crippen molar-refractivity contribution in [3.05, 3.63) is 35.6 Å². The summed E-state index contributed by atoms with van der Waals surface area (Å²) in [5, 5.41) is 12.0. The molecule has 0 saturated heterocycles. The van der Waals surface area contributed by atoms with Gasteiger partial charge in [0.15, 0.2) is 0 Å². The molecule has 18 heavy (non-hydrogen) atoms. The molecule has 1 aliphatic rings. The molecule has 4 heteroatoms. The fourth-order valence-corrected chi connectivity index (χ4v) is 2.55. The van der Waals surface area contributed by atoms with E-state index in [0.29, 0.717) is 23.9 Å². The van der Waals surface area contributed by atoms with Crippen LogP contribution in [0.3, 0.4) is 0 Å². The van der Waals surface area contributed by atoms with E-state index in [-0.39, 0.29) is 18.3 Å². The lowest BCUT2D eigenvalue weighted by Crippen LogP contribution is -2.31. The quantitative estimate of drug-likeness (QED) is 0.859. The Morgan fingerprint density at radius 1 is 1.28 bits per heavy atom. The van der Waals surface area contributed by atoms with Gasteiger partial charge in [0.05, 0.1) is 0 Å². The Balaban J connectivity index is 1.86. The lowest BCUT2D eigenvalue weighted by Gasteiger charge is -2.17. The second kappa shape index (κ2) is 5.96. The summed E-state index contributed by atoms with van der Waals surface area (Å²) in [6.45, 7) is 0.776. The number of hydrogen-bond acceptors (Lipinski definition) is 2. The van der Waals surface area contributed by atoms with Gasteiger partial charge in [-0.05, 0) is 48.9 Å². The Morgan fingerprint density at radius 2 is 1.94 bits per heavy atom. The molecule has 2 unspecified atom stereocenters. The molecule has 0 radical (unpaired) electrons. The van der Waals surface area contributed by atoms with Gasteiger partial charge >= 0.3 is 0 Å². The number of nitrogens with one attached hydrogen (secondary N) is 1. The largest absolute Gasteiger partial charge is 0.396 e. The number of rotatable bonds is 4. The van der Waals surface area contributed by atoms with Crippen molar-refractivity contribution in [1.29, 1.82) is 0 Å². The first-order valence-electron chi connectivity index (χ1n) is 6.35. The number of aliphatic hydroxyl groups is 1. The molecular formula is C14H18FNO2. The van der Waals surface area contributed by atoms with Crippen molar-refractivity contribution >= 4 is 5.91 Å². The van der Waals surface area contributed by atoms with Gasteiger partial charge in [-0.25, -0.2) is 4.39 Å². The second-order valence-electron chi connectivity index (χ2n) is 4.85. The summed E-state index contributed by atoms with van der Waals surface area (Å²) in [5.74, 6) is 0.138. The van der Waals surface area contributed by atoms with Gasteiger partial charge in [0, 0.05) is 18.7 Å². The molecule has 98 valence electrons.